The normalized spacial score (nSPS) is 11.6. The van der Waals surface area contributed by atoms with Crippen LogP contribution < -0.4 is 16.1 Å². The van der Waals surface area contributed by atoms with Crippen molar-refractivity contribution >= 4 is 26.9 Å². The topological polar surface area (TPSA) is 140 Å². The lowest BCUT2D eigenvalue weighted by Gasteiger charge is -2.10. The van der Waals surface area contributed by atoms with E-state index in [0.29, 0.717) is 29.7 Å². The molecule has 2 aromatic carbocycles. The fraction of sp³-hybridized carbons (Fsp3) is 0.273. The molecule has 0 spiro atoms. The number of aryl methyl sites for hydroxylation is 2. The predicted molar refractivity (Wildman–Crippen MR) is 116 cm³/mol. The number of nitrogens with one attached hydrogen (secondary N) is 1. The largest absolute Gasteiger partial charge is 0.508 e. The number of carbonyl (C=O) groups is 1. The molecule has 1 amide bonds. The Bertz CT molecular complexity index is 1290. The highest BCUT2D eigenvalue weighted by Gasteiger charge is 2.15. The SMILES string of the molecule is Cc1c(CCC(=O)NCCc2ccc(S(N)(=O)=O)cc2)c(=O)oc2c(C)c(O)ccc12. The molecule has 4 N–H and O–H groups in total. The first-order chi connectivity index (χ1) is 14.6. The molecular formula is C22H24N2O6S. The van der Waals surface area contributed by atoms with Crippen LogP contribution in [-0.2, 0) is 27.7 Å². The van der Waals surface area contributed by atoms with Gasteiger partial charge in [-0.15, -0.1) is 0 Å². The standard InChI is InChI=1S/C22H24N2O6S/c1-13-17-7-9-19(25)14(2)21(17)30-22(27)18(13)8-10-20(26)24-12-11-15-3-5-16(6-4-15)31(23,28)29/h3-7,9,25H,8,10-12H2,1-2H3,(H,24,26)(H2,23,28,29). The summed E-state index contributed by atoms with van der Waals surface area (Å²) in [6.45, 7) is 3.85. The Morgan fingerprint density at radius 2 is 1.74 bits per heavy atom. The zero-order valence-electron chi connectivity index (χ0n) is 17.3. The quantitative estimate of drug-likeness (QED) is 0.477. The highest BCUT2D eigenvalue weighted by atomic mass is 32.2. The van der Waals surface area contributed by atoms with Gasteiger partial charge in [-0.05, 0) is 62.1 Å². The van der Waals surface area contributed by atoms with Crippen LogP contribution in [0.1, 0.15) is 28.7 Å². The van der Waals surface area contributed by atoms with Crippen molar-refractivity contribution in [3.8, 4) is 5.75 Å². The van der Waals surface area contributed by atoms with Gasteiger partial charge in [0.05, 0.1) is 4.90 Å². The summed E-state index contributed by atoms with van der Waals surface area (Å²) in [5.74, 6) is -0.150. The van der Waals surface area contributed by atoms with Crippen LogP contribution in [0, 0.1) is 13.8 Å². The van der Waals surface area contributed by atoms with Crippen LogP contribution in [-0.4, -0.2) is 26.0 Å². The van der Waals surface area contributed by atoms with Crippen molar-refractivity contribution in [2.75, 3.05) is 6.54 Å². The predicted octanol–water partition coefficient (Wildman–Crippen LogP) is 2.05. The van der Waals surface area contributed by atoms with Gasteiger partial charge in [0.2, 0.25) is 15.9 Å². The van der Waals surface area contributed by atoms with Gasteiger partial charge in [0.25, 0.3) is 0 Å². The second-order valence-electron chi connectivity index (χ2n) is 7.37. The Kier molecular flexibility index (Phi) is 6.47. The van der Waals surface area contributed by atoms with Crippen LogP contribution in [0.3, 0.4) is 0 Å². The summed E-state index contributed by atoms with van der Waals surface area (Å²) >= 11 is 0. The fourth-order valence-electron chi connectivity index (χ4n) is 3.39. The molecule has 1 heterocycles. The molecule has 0 aliphatic heterocycles. The van der Waals surface area contributed by atoms with E-state index in [0.717, 1.165) is 16.5 Å². The van der Waals surface area contributed by atoms with E-state index in [1.807, 2.05) is 0 Å². The lowest BCUT2D eigenvalue weighted by atomic mass is 10.0. The first-order valence-corrected chi connectivity index (χ1v) is 11.3. The number of primary sulfonamides is 1. The molecule has 0 aliphatic carbocycles. The lowest BCUT2D eigenvalue weighted by molar-refractivity contribution is -0.121. The monoisotopic (exact) mass is 444 g/mol. The van der Waals surface area contributed by atoms with Gasteiger partial charge in [-0.25, -0.2) is 18.4 Å². The number of sulfonamides is 1. The van der Waals surface area contributed by atoms with Crippen LogP contribution in [0.15, 0.2) is 50.5 Å². The average Bonchev–Trinajstić information content (AvgIpc) is 2.70. The summed E-state index contributed by atoms with van der Waals surface area (Å²) in [5.41, 5.74) is 2.37. The molecular weight excluding hydrogens is 420 g/mol. The van der Waals surface area contributed by atoms with Gasteiger partial charge in [0.15, 0.2) is 0 Å². The van der Waals surface area contributed by atoms with Gasteiger partial charge >= 0.3 is 5.63 Å². The minimum atomic E-state index is -3.73. The third-order valence-electron chi connectivity index (χ3n) is 5.26. The number of fused-ring (bicyclic) bond motifs is 1. The number of benzene rings is 2. The number of phenolic OH excluding ortho intramolecular Hbond substituents is 1. The molecule has 0 saturated heterocycles. The maximum atomic E-state index is 12.4. The number of hydrogen-bond acceptors (Lipinski definition) is 6. The first-order valence-electron chi connectivity index (χ1n) is 9.71. The lowest BCUT2D eigenvalue weighted by Crippen LogP contribution is -2.26. The molecule has 0 fully saturated rings. The minimum absolute atomic E-state index is 0.0373. The maximum Gasteiger partial charge on any atom is 0.339 e. The van der Waals surface area contributed by atoms with Crippen molar-refractivity contribution in [1.29, 1.82) is 0 Å². The molecule has 8 nitrogen and oxygen atoms in total. The summed E-state index contributed by atoms with van der Waals surface area (Å²) in [5, 5.41) is 18.4. The van der Waals surface area contributed by atoms with Crippen LogP contribution in [0.4, 0.5) is 0 Å². The minimum Gasteiger partial charge on any atom is -0.508 e. The van der Waals surface area contributed by atoms with Crippen molar-refractivity contribution in [3.63, 3.8) is 0 Å². The Morgan fingerprint density at radius 1 is 1.06 bits per heavy atom. The van der Waals surface area contributed by atoms with Crippen molar-refractivity contribution in [2.24, 2.45) is 5.14 Å². The molecule has 0 saturated carbocycles. The third-order valence-corrected chi connectivity index (χ3v) is 6.19. The number of nitrogens with two attached hydrogens (primary N) is 1. The highest BCUT2D eigenvalue weighted by Crippen LogP contribution is 2.28. The number of hydrogen-bond donors (Lipinski definition) is 3. The van der Waals surface area contributed by atoms with Gasteiger partial charge < -0.3 is 14.8 Å². The third kappa shape index (κ3) is 5.12. The molecule has 0 unspecified atom stereocenters. The van der Waals surface area contributed by atoms with E-state index in [4.69, 9.17) is 9.56 Å². The van der Waals surface area contributed by atoms with E-state index in [1.165, 1.54) is 12.1 Å². The second kappa shape index (κ2) is 8.91. The van der Waals surface area contributed by atoms with Gasteiger partial charge in [-0.3, -0.25) is 4.79 Å². The van der Waals surface area contributed by atoms with Gasteiger partial charge in [0, 0.05) is 29.5 Å². The summed E-state index contributed by atoms with van der Waals surface area (Å²) < 4.78 is 27.9. The number of phenols is 1. The van der Waals surface area contributed by atoms with Crippen molar-refractivity contribution < 1.29 is 22.7 Å². The van der Waals surface area contributed by atoms with Crippen molar-refractivity contribution in [1.82, 2.24) is 5.32 Å². The van der Waals surface area contributed by atoms with E-state index in [9.17, 15) is 23.1 Å². The van der Waals surface area contributed by atoms with Crippen LogP contribution in [0.25, 0.3) is 11.0 Å². The van der Waals surface area contributed by atoms with Crippen LogP contribution >= 0.6 is 0 Å². The Hall–Kier alpha value is -3.17. The zero-order chi connectivity index (χ0) is 22.8. The Balaban J connectivity index is 1.59. The van der Waals surface area contributed by atoms with Gasteiger partial charge in [-0.1, -0.05) is 12.1 Å². The number of amides is 1. The highest BCUT2D eigenvalue weighted by molar-refractivity contribution is 7.89. The van der Waals surface area contributed by atoms with E-state index in [2.05, 4.69) is 5.32 Å². The molecule has 31 heavy (non-hydrogen) atoms. The van der Waals surface area contributed by atoms with E-state index >= 15 is 0 Å². The Labute approximate surface area is 179 Å². The molecule has 164 valence electrons. The van der Waals surface area contributed by atoms with Gasteiger partial charge in [-0.2, -0.15) is 0 Å². The molecule has 0 atom stereocenters. The summed E-state index contributed by atoms with van der Waals surface area (Å²) in [4.78, 5) is 24.6. The van der Waals surface area contributed by atoms with E-state index < -0.39 is 15.6 Å². The average molecular weight is 445 g/mol. The van der Waals surface area contributed by atoms with Gasteiger partial charge in [0.1, 0.15) is 11.3 Å². The Morgan fingerprint density at radius 3 is 2.39 bits per heavy atom. The molecule has 0 aliphatic rings. The summed E-state index contributed by atoms with van der Waals surface area (Å²) in [7, 11) is -3.73. The number of aromatic hydroxyl groups is 1. The molecule has 0 bridgehead atoms. The molecule has 0 radical (unpaired) electrons. The van der Waals surface area contributed by atoms with E-state index in [1.54, 1.807) is 38.1 Å². The van der Waals surface area contributed by atoms with Crippen molar-refractivity contribution in [3.05, 3.63) is 69.1 Å². The van der Waals surface area contributed by atoms with E-state index in [-0.39, 0.29) is 29.4 Å². The second-order valence-corrected chi connectivity index (χ2v) is 8.93. The number of carbonyl (C=O) groups excluding carboxylic acids is 1. The fourth-order valence-corrected chi connectivity index (χ4v) is 3.90. The number of rotatable bonds is 7. The smallest absolute Gasteiger partial charge is 0.339 e. The molecule has 3 aromatic rings. The first kappa shape index (κ1) is 22.5. The summed E-state index contributed by atoms with van der Waals surface area (Å²) in [6.07, 6.45) is 0.883. The zero-order valence-corrected chi connectivity index (χ0v) is 18.1. The van der Waals surface area contributed by atoms with Crippen LogP contribution in [0.2, 0.25) is 0 Å². The summed E-state index contributed by atoms with van der Waals surface area (Å²) in [6, 6.07) is 9.40. The molecule has 3 rings (SSSR count). The van der Waals surface area contributed by atoms with Crippen LogP contribution in [0.5, 0.6) is 5.75 Å². The van der Waals surface area contributed by atoms with Crippen molar-refractivity contribution in [2.45, 2.75) is 38.0 Å². The maximum absolute atomic E-state index is 12.4. The molecule has 1 aromatic heterocycles. The molecule has 9 heteroatoms.